The molecule has 28 heavy (non-hydrogen) atoms. The number of carboxylic acid groups (broad SMARTS) is 1. The standard InChI is InChI=1S/C18H18F2N2O6/c1-3-10(22-13(23)11-6-4-5-7-12(11)14(22)24)8-9-18(15(19)20,16(25)26)21-17(27)28-2/h4-10,15H,3H2,1-2H3,(H,21,27)(H,25,26)/b9-8+. The molecule has 0 bridgehead atoms. The predicted molar refractivity (Wildman–Crippen MR) is 92.1 cm³/mol. The molecule has 1 heterocycles. The van der Waals surface area contributed by atoms with Crippen molar-refractivity contribution in [2.24, 2.45) is 0 Å². The molecule has 0 aliphatic carbocycles. The maximum atomic E-state index is 13.6. The molecule has 2 rings (SSSR count). The number of benzene rings is 1. The molecule has 1 aromatic rings. The minimum Gasteiger partial charge on any atom is -0.479 e. The highest BCUT2D eigenvalue weighted by Crippen LogP contribution is 2.27. The van der Waals surface area contributed by atoms with Gasteiger partial charge in [0.05, 0.1) is 24.3 Å². The molecule has 2 atom stereocenters. The lowest BCUT2D eigenvalue weighted by Crippen LogP contribution is -2.58. The molecule has 10 heteroatoms. The number of alkyl carbamates (subject to hydrolysis) is 1. The Hall–Kier alpha value is -3.30. The average Bonchev–Trinajstić information content (AvgIpc) is 2.92. The molecule has 1 aliphatic rings. The van der Waals surface area contributed by atoms with Crippen molar-refractivity contribution in [1.82, 2.24) is 10.2 Å². The third-order valence-corrected chi connectivity index (χ3v) is 4.35. The molecule has 3 amide bonds. The molecule has 0 saturated carbocycles. The molecule has 150 valence electrons. The second-order valence-electron chi connectivity index (χ2n) is 5.95. The second kappa shape index (κ2) is 8.15. The van der Waals surface area contributed by atoms with Gasteiger partial charge in [-0.2, -0.15) is 0 Å². The fraction of sp³-hybridized carbons (Fsp3) is 0.333. The first-order chi connectivity index (χ1) is 13.2. The van der Waals surface area contributed by atoms with Gasteiger partial charge in [-0.1, -0.05) is 25.1 Å². The third kappa shape index (κ3) is 3.57. The van der Waals surface area contributed by atoms with Crippen LogP contribution in [0, 0.1) is 0 Å². The number of carbonyl (C=O) groups excluding carboxylic acids is 3. The summed E-state index contributed by atoms with van der Waals surface area (Å²) in [6.45, 7) is 1.59. The van der Waals surface area contributed by atoms with E-state index in [1.807, 2.05) is 0 Å². The van der Waals surface area contributed by atoms with Gasteiger partial charge in [0.15, 0.2) is 0 Å². The SMILES string of the molecule is CCC(/C=C/C(NC(=O)OC)(C(=O)O)C(F)F)N1C(=O)c2ccccc2C1=O. The van der Waals surface area contributed by atoms with Crippen LogP contribution in [0.5, 0.6) is 0 Å². The van der Waals surface area contributed by atoms with Crippen molar-refractivity contribution in [1.29, 1.82) is 0 Å². The monoisotopic (exact) mass is 396 g/mol. The molecular weight excluding hydrogens is 378 g/mol. The van der Waals surface area contributed by atoms with Crippen molar-refractivity contribution >= 4 is 23.9 Å². The number of nitrogens with zero attached hydrogens (tertiary/aromatic N) is 1. The average molecular weight is 396 g/mol. The summed E-state index contributed by atoms with van der Waals surface area (Å²) >= 11 is 0. The van der Waals surface area contributed by atoms with E-state index in [9.17, 15) is 33.1 Å². The minimum absolute atomic E-state index is 0.138. The van der Waals surface area contributed by atoms with E-state index in [1.165, 1.54) is 12.1 Å². The first-order valence-corrected chi connectivity index (χ1v) is 8.23. The Morgan fingerprint density at radius 2 is 1.79 bits per heavy atom. The third-order valence-electron chi connectivity index (χ3n) is 4.35. The number of nitrogens with one attached hydrogen (secondary N) is 1. The number of alkyl halides is 2. The van der Waals surface area contributed by atoms with Gasteiger partial charge in [0.25, 0.3) is 18.2 Å². The van der Waals surface area contributed by atoms with E-state index in [2.05, 4.69) is 4.74 Å². The van der Waals surface area contributed by atoms with Crippen LogP contribution in [0.2, 0.25) is 0 Å². The molecular formula is C18H18F2N2O6. The Kier molecular flexibility index (Phi) is 6.12. The quantitative estimate of drug-likeness (QED) is 0.539. The number of aliphatic carboxylic acids is 1. The molecule has 0 fully saturated rings. The largest absolute Gasteiger partial charge is 0.479 e. The molecule has 8 nitrogen and oxygen atoms in total. The number of carboxylic acids is 1. The van der Waals surface area contributed by atoms with Crippen molar-refractivity contribution < 1.29 is 37.8 Å². The van der Waals surface area contributed by atoms with Crippen molar-refractivity contribution in [3.05, 3.63) is 47.5 Å². The number of fused-ring (bicyclic) bond motifs is 1. The first-order valence-electron chi connectivity index (χ1n) is 8.23. The van der Waals surface area contributed by atoms with Gasteiger partial charge in [0, 0.05) is 0 Å². The number of halogens is 2. The summed E-state index contributed by atoms with van der Waals surface area (Å²) in [7, 11) is 0.894. The molecule has 2 unspecified atom stereocenters. The van der Waals surface area contributed by atoms with E-state index < -0.39 is 41.9 Å². The number of hydrogen-bond acceptors (Lipinski definition) is 5. The number of imide groups is 1. The molecule has 0 spiro atoms. The predicted octanol–water partition coefficient (Wildman–Crippen LogP) is 2.06. The van der Waals surface area contributed by atoms with Gasteiger partial charge in [-0.05, 0) is 24.6 Å². The smallest absolute Gasteiger partial charge is 0.408 e. The van der Waals surface area contributed by atoms with Crippen molar-refractivity contribution in [3.8, 4) is 0 Å². The van der Waals surface area contributed by atoms with Gasteiger partial charge >= 0.3 is 12.1 Å². The fourth-order valence-electron chi connectivity index (χ4n) is 2.78. The van der Waals surface area contributed by atoms with Gasteiger partial charge in [0.1, 0.15) is 0 Å². The molecule has 1 aromatic carbocycles. The number of methoxy groups -OCH3 is 1. The Morgan fingerprint density at radius 1 is 1.25 bits per heavy atom. The lowest BCUT2D eigenvalue weighted by Gasteiger charge is -2.28. The van der Waals surface area contributed by atoms with Crippen LogP contribution in [0.4, 0.5) is 13.6 Å². The zero-order valence-corrected chi connectivity index (χ0v) is 15.0. The lowest BCUT2D eigenvalue weighted by molar-refractivity contribution is -0.148. The molecule has 0 saturated heterocycles. The topological polar surface area (TPSA) is 113 Å². The summed E-state index contributed by atoms with van der Waals surface area (Å²) in [6, 6.07) is 5.09. The maximum absolute atomic E-state index is 13.6. The van der Waals surface area contributed by atoms with Gasteiger partial charge < -0.3 is 9.84 Å². The van der Waals surface area contributed by atoms with E-state index in [0.29, 0.717) is 6.08 Å². The number of ether oxygens (including phenoxy) is 1. The Balaban J connectivity index is 2.40. The maximum Gasteiger partial charge on any atom is 0.408 e. The van der Waals surface area contributed by atoms with Gasteiger partial charge in [-0.15, -0.1) is 0 Å². The van der Waals surface area contributed by atoms with E-state index in [1.54, 1.807) is 24.4 Å². The van der Waals surface area contributed by atoms with E-state index in [-0.39, 0.29) is 17.5 Å². The van der Waals surface area contributed by atoms with Crippen LogP contribution in [0.1, 0.15) is 34.1 Å². The van der Waals surface area contributed by atoms with Crippen LogP contribution in [0.3, 0.4) is 0 Å². The number of hydrogen-bond donors (Lipinski definition) is 2. The summed E-state index contributed by atoms with van der Waals surface area (Å²) in [5.41, 5.74) is -2.74. The van der Waals surface area contributed by atoms with Gasteiger partial charge in [0.2, 0.25) is 5.54 Å². The zero-order chi connectivity index (χ0) is 21.1. The highest BCUT2D eigenvalue weighted by atomic mass is 19.3. The lowest BCUT2D eigenvalue weighted by atomic mass is 9.98. The summed E-state index contributed by atoms with van der Waals surface area (Å²) in [6.07, 6.45) is -3.20. The minimum atomic E-state index is -3.53. The number of rotatable bonds is 7. The molecule has 0 radical (unpaired) electrons. The number of carbonyl (C=O) groups is 4. The summed E-state index contributed by atoms with van der Waals surface area (Å²) in [4.78, 5) is 48.8. The summed E-state index contributed by atoms with van der Waals surface area (Å²) < 4.78 is 31.3. The Labute approximate surface area is 158 Å². The van der Waals surface area contributed by atoms with E-state index in [0.717, 1.165) is 18.1 Å². The highest BCUT2D eigenvalue weighted by molar-refractivity contribution is 6.21. The van der Waals surface area contributed by atoms with E-state index >= 15 is 0 Å². The molecule has 2 N–H and O–H groups in total. The summed E-state index contributed by atoms with van der Waals surface area (Å²) in [5, 5.41) is 10.9. The van der Waals surface area contributed by atoms with E-state index in [4.69, 9.17) is 0 Å². The normalized spacial score (nSPS) is 16.8. The summed E-state index contributed by atoms with van der Waals surface area (Å²) in [5.74, 6) is -3.26. The van der Waals surface area contributed by atoms with Gasteiger partial charge in [-0.25, -0.2) is 18.4 Å². The molecule has 0 aromatic heterocycles. The van der Waals surface area contributed by atoms with Crippen LogP contribution in [0.15, 0.2) is 36.4 Å². The number of amides is 3. The first kappa shape index (κ1) is 21.0. The second-order valence-corrected chi connectivity index (χ2v) is 5.95. The van der Waals surface area contributed by atoms with Crippen LogP contribution in [-0.4, -0.2) is 59.0 Å². The van der Waals surface area contributed by atoms with Crippen molar-refractivity contribution in [2.45, 2.75) is 31.4 Å². The van der Waals surface area contributed by atoms with Crippen LogP contribution >= 0.6 is 0 Å². The molecule has 1 aliphatic heterocycles. The fourth-order valence-corrected chi connectivity index (χ4v) is 2.78. The highest BCUT2D eigenvalue weighted by Gasteiger charge is 2.48. The Morgan fingerprint density at radius 3 is 2.18 bits per heavy atom. The van der Waals surface area contributed by atoms with Gasteiger partial charge in [-0.3, -0.25) is 19.8 Å². The van der Waals surface area contributed by atoms with Crippen molar-refractivity contribution in [3.63, 3.8) is 0 Å². The van der Waals surface area contributed by atoms with Crippen LogP contribution in [0.25, 0.3) is 0 Å². The Bertz CT molecular complexity index is 806. The van der Waals surface area contributed by atoms with Crippen molar-refractivity contribution in [2.75, 3.05) is 7.11 Å². The zero-order valence-electron chi connectivity index (χ0n) is 15.0. The van der Waals surface area contributed by atoms with Crippen LogP contribution in [-0.2, 0) is 9.53 Å². The van der Waals surface area contributed by atoms with Crippen LogP contribution < -0.4 is 5.32 Å².